The first kappa shape index (κ1) is 18.0. The van der Waals surface area contributed by atoms with Gasteiger partial charge in [-0.25, -0.2) is 4.99 Å². The van der Waals surface area contributed by atoms with Crippen LogP contribution in [-0.4, -0.2) is 11.1 Å². The zero-order chi connectivity index (χ0) is 14.7. The molecule has 0 spiro atoms. The van der Waals surface area contributed by atoms with Crippen LogP contribution in [0.15, 0.2) is 29.8 Å². The van der Waals surface area contributed by atoms with Crippen LogP contribution in [0.2, 0.25) is 0 Å². The fourth-order valence-electron chi connectivity index (χ4n) is 1.63. The molecule has 4 heteroatoms. The van der Waals surface area contributed by atoms with Gasteiger partial charge in [-0.3, -0.25) is 4.79 Å². The minimum Gasteiger partial charge on any atom is -0.304 e. The molecule has 108 valence electrons. The largest absolute Gasteiger partial charge is 0.304 e. The molecular formula is C15H26N2OS. The molecule has 0 fully saturated rings. The Kier molecular flexibility index (Phi) is 9.31. The molecule has 0 aliphatic carbocycles. The molecule has 0 heterocycles. The summed E-state index contributed by atoms with van der Waals surface area (Å²) in [5.74, 6) is -0.000974. The topological polar surface area (TPSA) is 41.5 Å². The average Bonchev–Trinajstić information content (AvgIpc) is 2.35. The Balaban J connectivity index is 4.39. The maximum Gasteiger partial charge on any atom is 0.231 e. The van der Waals surface area contributed by atoms with Crippen molar-refractivity contribution in [3.63, 3.8) is 0 Å². The molecule has 0 saturated heterocycles. The van der Waals surface area contributed by atoms with Crippen molar-refractivity contribution in [2.45, 2.75) is 52.9 Å². The fourth-order valence-corrected chi connectivity index (χ4v) is 2.07. The molecule has 0 radical (unpaired) electrons. The van der Waals surface area contributed by atoms with Gasteiger partial charge in [-0.1, -0.05) is 71.4 Å². The molecule has 0 aromatic carbocycles. The first-order chi connectivity index (χ1) is 8.97. The molecule has 0 rings (SSSR count). The number of nitrogens with zero attached hydrogens (tertiary/aromatic N) is 1. The lowest BCUT2D eigenvalue weighted by Gasteiger charge is -2.23. The van der Waals surface area contributed by atoms with E-state index in [2.05, 4.69) is 30.4 Å². The molecule has 0 aliphatic rings. The van der Waals surface area contributed by atoms with Crippen molar-refractivity contribution in [2.75, 3.05) is 0 Å². The Labute approximate surface area is 121 Å². The van der Waals surface area contributed by atoms with Crippen LogP contribution in [-0.2, 0) is 4.79 Å². The van der Waals surface area contributed by atoms with Gasteiger partial charge < -0.3 is 5.32 Å². The minimum absolute atomic E-state index is 0.000974. The molecule has 0 bridgehead atoms. The molecule has 0 aliphatic heterocycles. The van der Waals surface area contributed by atoms with E-state index in [9.17, 15) is 4.79 Å². The normalized spacial score (nSPS) is 12.1. The number of aliphatic imine (C=N–C) groups is 1. The number of carbonyl (C=O) groups excluding carboxylic acids is 1. The van der Waals surface area contributed by atoms with E-state index < -0.39 is 0 Å². The molecule has 0 unspecified atom stereocenters. The van der Waals surface area contributed by atoms with Gasteiger partial charge in [-0.05, 0) is 11.8 Å². The highest BCUT2D eigenvalue weighted by Crippen LogP contribution is 2.24. The summed E-state index contributed by atoms with van der Waals surface area (Å²) in [6.45, 7) is 13.3. The minimum atomic E-state index is -0.378. The number of thioether (sulfide) groups is 1. The number of hydrogen-bond acceptors (Lipinski definition) is 3. The van der Waals surface area contributed by atoms with Gasteiger partial charge >= 0.3 is 0 Å². The summed E-state index contributed by atoms with van der Waals surface area (Å²) in [6.07, 6.45) is 7.00. The third kappa shape index (κ3) is 7.88. The van der Waals surface area contributed by atoms with Crippen molar-refractivity contribution < 1.29 is 4.79 Å². The van der Waals surface area contributed by atoms with Gasteiger partial charge in [0.2, 0.25) is 5.91 Å². The highest BCUT2D eigenvalue weighted by Gasteiger charge is 2.27. The summed E-state index contributed by atoms with van der Waals surface area (Å²) >= 11 is 1.29. The monoisotopic (exact) mass is 282 g/mol. The Bertz CT molecular complexity index is 335. The Hall–Kier alpha value is -1.03. The summed E-state index contributed by atoms with van der Waals surface area (Å²) in [5.41, 5.74) is -0.378. The summed E-state index contributed by atoms with van der Waals surface area (Å²) in [6, 6.07) is 0. The molecule has 1 N–H and O–H groups in total. The van der Waals surface area contributed by atoms with E-state index in [1.54, 1.807) is 5.41 Å². The quantitative estimate of drug-likeness (QED) is 0.405. The summed E-state index contributed by atoms with van der Waals surface area (Å²) in [4.78, 5) is 16.2. The van der Waals surface area contributed by atoms with E-state index in [4.69, 9.17) is 0 Å². The Morgan fingerprint density at radius 1 is 1.32 bits per heavy atom. The molecule has 0 aromatic rings. The maximum atomic E-state index is 12.2. The van der Waals surface area contributed by atoms with Crippen LogP contribution >= 0.6 is 11.8 Å². The zero-order valence-electron chi connectivity index (χ0n) is 12.4. The molecule has 1 amide bonds. The summed E-state index contributed by atoms with van der Waals surface area (Å²) in [5, 5.41) is 4.99. The number of unbranched alkanes of at least 4 members (excludes halogenated alkanes) is 3. The van der Waals surface area contributed by atoms with E-state index in [0.717, 1.165) is 12.8 Å². The highest BCUT2D eigenvalue weighted by molar-refractivity contribution is 8.16. The second kappa shape index (κ2) is 9.84. The van der Waals surface area contributed by atoms with E-state index in [-0.39, 0.29) is 11.3 Å². The third-order valence-electron chi connectivity index (χ3n) is 2.89. The first-order valence-electron chi connectivity index (χ1n) is 6.75. The predicted octanol–water partition coefficient (Wildman–Crippen LogP) is 4.48. The van der Waals surface area contributed by atoms with Crippen molar-refractivity contribution in [3.05, 3.63) is 24.8 Å². The van der Waals surface area contributed by atoms with Crippen LogP contribution in [0.5, 0.6) is 0 Å². The fraction of sp³-hybridized carbons (Fsp3) is 0.600. The van der Waals surface area contributed by atoms with Gasteiger partial charge in [-0.2, -0.15) is 0 Å². The molecule has 0 saturated carbocycles. The van der Waals surface area contributed by atoms with Crippen LogP contribution in [0.1, 0.15) is 52.9 Å². The second-order valence-corrected chi connectivity index (χ2v) is 6.01. The van der Waals surface area contributed by atoms with Crippen LogP contribution in [0.25, 0.3) is 0 Å². The van der Waals surface area contributed by atoms with Crippen molar-refractivity contribution in [1.82, 2.24) is 5.32 Å². The number of amides is 1. The second-order valence-electron chi connectivity index (χ2n) is 5.05. The van der Waals surface area contributed by atoms with E-state index in [0.29, 0.717) is 5.17 Å². The van der Waals surface area contributed by atoms with Crippen molar-refractivity contribution in [1.29, 1.82) is 0 Å². The standard InChI is InChI=1S/C15H26N2OS/c1-6-9-10-11-12-15(4,5)13(18)17-14(16-7-2)19-8-3/h7-8H,2-3,6,9-12H2,1,4-5H3,(H,16,17,18). The van der Waals surface area contributed by atoms with Gasteiger partial charge in [0.15, 0.2) is 5.17 Å². The number of carbonyl (C=O) groups is 1. The van der Waals surface area contributed by atoms with E-state index >= 15 is 0 Å². The number of nitrogens with one attached hydrogen (secondary N) is 1. The number of hydrogen-bond donors (Lipinski definition) is 1. The summed E-state index contributed by atoms with van der Waals surface area (Å²) < 4.78 is 0. The van der Waals surface area contributed by atoms with Crippen LogP contribution in [0.3, 0.4) is 0 Å². The smallest absolute Gasteiger partial charge is 0.231 e. The van der Waals surface area contributed by atoms with E-state index in [1.807, 2.05) is 13.8 Å². The van der Waals surface area contributed by atoms with Crippen molar-refractivity contribution >= 4 is 22.8 Å². The van der Waals surface area contributed by atoms with Gasteiger partial charge in [0.05, 0.1) is 0 Å². The lowest BCUT2D eigenvalue weighted by atomic mass is 9.86. The molecular weight excluding hydrogens is 256 g/mol. The van der Waals surface area contributed by atoms with Crippen LogP contribution in [0.4, 0.5) is 0 Å². The number of rotatable bonds is 8. The van der Waals surface area contributed by atoms with Gasteiger partial charge in [0.1, 0.15) is 0 Å². The molecule has 3 nitrogen and oxygen atoms in total. The van der Waals surface area contributed by atoms with Crippen molar-refractivity contribution in [3.8, 4) is 0 Å². The Morgan fingerprint density at radius 3 is 2.53 bits per heavy atom. The van der Waals surface area contributed by atoms with Gasteiger partial charge in [-0.15, -0.1) is 0 Å². The van der Waals surface area contributed by atoms with Gasteiger partial charge in [0, 0.05) is 11.6 Å². The highest BCUT2D eigenvalue weighted by atomic mass is 32.2. The maximum absolute atomic E-state index is 12.2. The zero-order valence-corrected chi connectivity index (χ0v) is 13.2. The van der Waals surface area contributed by atoms with E-state index in [1.165, 1.54) is 37.2 Å². The molecule has 0 aromatic heterocycles. The van der Waals surface area contributed by atoms with Crippen LogP contribution in [0, 0.1) is 5.41 Å². The number of amidine groups is 1. The SMILES string of the molecule is C=C/N=C(/NC(=O)C(C)(C)CCCCCC)SC=C. The molecule has 0 atom stereocenters. The van der Waals surface area contributed by atoms with Crippen molar-refractivity contribution in [2.24, 2.45) is 10.4 Å². The lowest BCUT2D eigenvalue weighted by Crippen LogP contribution is -2.39. The summed E-state index contributed by atoms with van der Waals surface area (Å²) in [7, 11) is 0. The first-order valence-corrected chi connectivity index (χ1v) is 7.63. The predicted molar refractivity (Wildman–Crippen MR) is 86.1 cm³/mol. The average molecular weight is 282 g/mol. The molecule has 19 heavy (non-hydrogen) atoms. The van der Waals surface area contributed by atoms with Crippen LogP contribution < -0.4 is 5.32 Å². The lowest BCUT2D eigenvalue weighted by molar-refractivity contribution is -0.128. The Morgan fingerprint density at radius 2 is 2.00 bits per heavy atom. The third-order valence-corrected chi connectivity index (χ3v) is 3.49. The van der Waals surface area contributed by atoms with Gasteiger partial charge in [0.25, 0.3) is 0 Å².